The fourth-order valence-electron chi connectivity index (χ4n) is 4.89. The number of carbonyl (C=O) groups excluding carboxylic acids is 2. The highest BCUT2D eigenvalue weighted by atomic mass is 31.2. The summed E-state index contributed by atoms with van der Waals surface area (Å²) in [4.78, 5) is 25.7. The van der Waals surface area contributed by atoms with Gasteiger partial charge in [0.1, 0.15) is 17.0 Å². The second kappa shape index (κ2) is 14.2. The van der Waals surface area contributed by atoms with Crippen LogP contribution in [-0.4, -0.2) is 35.5 Å². The number of hydrogen-bond acceptors (Lipinski definition) is 7. The molecule has 0 saturated carbocycles. The molecule has 218 valence electrons. The van der Waals surface area contributed by atoms with Crippen molar-refractivity contribution in [3.8, 4) is 11.5 Å². The van der Waals surface area contributed by atoms with Gasteiger partial charge in [0.25, 0.3) is 0 Å². The summed E-state index contributed by atoms with van der Waals surface area (Å²) in [6.45, 7) is 16.5. The van der Waals surface area contributed by atoms with E-state index < -0.39 is 24.7 Å². The predicted molar refractivity (Wildman–Crippen MR) is 154 cm³/mol. The molecule has 1 aliphatic rings. The number of unbranched alkanes of at least 4 members (excludes halogenated alkanes) is 2. The van der Waals surface area contributed by atoms with E-state index in [1.165, 1.54) is 13.8 Å². The molecule has 3 unspecified atom stereocenters. The number of ether oxygens (including phenoxy) is 2. The Morgan fingerprint density at radius 1 is 1.15 bits per heavy atom. The molecule has 8 nitrogen and oxygen atoms in total. The molecule has 0 aliphatic heterocycles. The van der Waals surface area contributed by atoms with Gasteiger partial charge >= 0.3 is 19.2 Å². The molecule has 1 aromatic rings. The van der Waals surface area contributed by atoms with Crippen molar-refractivity contribution < 1.29 is 33.3 Å². The number of allylic oxidation sites excluding steroid dienone is 3. The maximum absolute atomic E-state index is 14.3. The van der Waals surface area contributed by atoms with E-state index >= 15 is 0 Å². The number of benzene rings is 1. The zero-order chi connectivity index (χ0) is 29.4. The summed E-state index contributed by atoms with van der Waals surface area (Å²) < 4.78 is 30.6. The summed E-state index contributed by atoms with van der Waals surface area (Å²) in [5.41, 5.74) is 0.697. The molecular formula is C30H46NO7P. The van der Waals surface area contributed by atoms with Gasteiger partial charge in [0.15, 0.2) is 0 Å². The lowest BCUT2D eigenvalue weighted by molar-refractivity contribution is -0.149. The smallest absolute Gasteiger partial charge is 0.424 e. The van der Waals surface area contributed by atoms with E-state index in [2.05, 4.69) is 24.7 Å². The molecule has 2 rings (SSSR count). The van der Waals surface area contributed by atoms with Crippen LogP contribution in [0, 0.1) is 5.92 Å². The monoisotopic (exact) mass is 563 g/mol. The van der Waals surface area contributed by atoms with Crippen molar-refractivity contribution in [1.29, 1.82) is 0 Å². The van der Waals surface area contributed by atoms with E-state index in [0.717, 1.165) is 48.8 Å². The number of rotatable bonds is 14. The molecule has 0 bridgehead atoms. The second-order valence-electron chi connectivity index (χ2n) is 10.8. The molecule has 0 aromatic heterocycles. The summed E-state index contributed by atoms with van der Waals surface area (Å²) in [6, 6.07) is 3.46. The Kier molecular flexibility index (Phi) is 11.9. The van der Waals surface area contributed by atoms with E-state index in [1.807, 2.05) is 13.8 Å². The van der Waals surface area contributed by atoms with Crippen molar-refractivity contribution in [2.45, 2.75) is 98.4 Å². The summed E-state index contributed by atoms with van der Waals surface area (Å²) in [6.07, 6.45) is 7.43. The lowest BCUT2D eigenvalue weighted by atomic mass is 9.73. The fraction of sp³-hybridized carbons (Fsp3) is 0.600. The lowest BCUT2D eigenvalue weighted by Crippen LogP contribution is -2.47. The Morgan fingerprint density at radius 3 is 2.41 bits per heavy atom. The van der Waals surface area contributed by atoms with Crippen molar-refractivity contribution in [1.82, 2.24) is 5.09 Å². The first kappa shape index (κ1) is 32.6. The predicted octanol–water partition coefficient (Wildman–Crippen LogP) is 7.80. The average Bonchev–Trinajstić information content (AvgIpc) is 2.83. The number of aromatic hydroxyl groups is 1. The van der Waals surface area contributed by atoms with E-state index in [9.17, 15) is 19.3 Å². The van der Waals surface area contributed by atoms with Gasteiger partial charge in [-0.15, -0.1) is 0 Å². The Morgan fingerprint density at radius 2 is 1.82 bits per heavy atom. The minimum absolute atomic E-state index is 0.00117. The Hall–Kier alpha value is -2.57. The topological polar surface area (TPSA) is 111 Å². The van der Waals surface area contributed by atoms with Gasteiger partial charge in [-0.1, -0.05) is 43.6 Å². The van der Waals surface area contributed by atoms with Gasteiger partial charge in [-0.25, -0.2) is 14.4 Å². The molecule has 0 spiro atoms. The molecule has 0 radical (unpaired) electrons. The molecule has 3 atom stereocenters. The minimum Gasteiger partial charge on any atom is -0.507 e. The Bertz CT molecular complexity index is 1120. The summed E-state index contributed by atoms with van der Waals surface area (Å²) in [5.74, 6) is -0.861. The molecule has 2 N–H and O–H groups in total. The van der Waals surface area contributed by atoms with Crippen molar-refractivity contribution in [3.63, 3.8) is 0 Å². The van der Waals surface area contributed by atoms with Crippen LogP contribution in [0.1, 0.15) is 97.6 Å². The molecule has 9 heteroatoms. The van der Waals surface area contributed by atoms with Gasteiger partial charge in [-0.2, -0.15) is 0 Å². The Labute approximate surface area is 233 Å². The third kappa shape index (κ3) is 8.46. The van der Waals surface area contributed by atoms with Crippen LogP contribution >= 0.6 is 7.52 Å². The lowest BCUT2D eigenvalue weighted by Gasteiger charge is -2.33. The van der Waals surface area contributed by atoms with E-state index in [0.29, 0.717) is 12.0 Å². The molecular weight excluding hydrogens is 517 g/mol. The highest BCUT2D eigenvalue weighted by Gasteiger charge is 2.46. The first-order chi connectivity index (χ1) is 18.3. The SMILES string of the molecule is C=C(C)C1CCC(C)=CC1c1c(O)cc(CCCCC)cc1OP(=O)(NC(C)(C)C(=O)OCC)C(=O)OCC. The van der Waals surface area contributed by atoms with Gasteiger partial charge in [0, 0.05) is 11.5 Å². The number of carbonyl (C=O) groups is 2. The first-order valence-corrected chi connectivity index (χ1v) is 15.5. The van der Waals surface area contributed by atoms with Crippen LogP contribution in [0.25, 0.3) is 0 Å². The summed E-state index contributed by atoms with van der Waals surface area (Å²) in [7, 11) is -4.52. The maximum atomic E-state index is 14.3. The van der Waals surface area contributed by atoms with E-state index in [4.69, 9.17) is 14.0 Å². The minimum atomic E-state index is -4.52. The van der Waals surface area contributed by atoms with Crippen LogP contribution in [0.15, 0.2) is 35.9 Å². The fourth-order valence-corrected chi connectivity index (χ4v) is 6.65. The van der Waals surface area contributed by atoms with Crippen molar-refractivity contribution in [2.75, 3.05) is 13.2 Å². The third-order valence-electron chi connectivity index (χ3n) is 6.91. The van der Waals surface area contributed by atoms with Crippen LogP contribution in [0.4, 0.5) is 4.79 Å². The highest BCUT2D eigenvalue weighted by molar-refractivity contribution is 7.74. The highest BCUT2D eigenvalue weighted by Crippen LogP contribution is 2.53. The zero-order valence-corrected chi connectivity index (χ0v) is 25.5. The van der Waals surface area contributed by atoms with Gasteiger partial charge in [0.2, 0.25) is 0 Å². The molecule has 39 heavy (non-hydrogen) atoms. The Balaban J connectivity index is 2.71. The van der Waals surface area contributed by atoms with Crippen LogP contribution in [0.3, 0.4) is 0 Å². The van der Waals surface area contributed by atoms with Crippen LogP contribution in [0.5, 0.6) is 11.5 Å². The largest absolute Gasteiger partial charge is 0.507 e. The van der Waals surface area contributed by atoms with Crippen molar-refractivity contribution in [2.24, 2.45) is 5.92 Å². The number of aryl methyl sites for hydroxylation is 1. The number of phenols is 1. The quantitative estimate of drug-likeness (QED) is 0.102. The van der Waals surface area contributed by atoms with Gasteiger partial charge in [-0.05, 0) is 90.8 Å². The first-order valence-electron chi connectivity index (χ1n) is 13.9. The van der Waals surface area contributed by atoms with Crippen LogP contribution < -0.4 is 9.61 Å². The summed E-state index contributed by atoms with van der Waals surface area (Å²) >= 11 is 0. The standard InChI is InChI=1S/C30H46NO7P/c1-9-12-13-14-22-18-25(32)27(24-17-21(6)15-16-23(24)20(4)5)26(19-22)38-39(35,29(34)37-11-3)31-30(7,8)28(33)36-10-2/h17-19,23-24,32H,4,9-16H2,1-3,5-8H3,(H,31,35). The maximum Gasteiger partial charge on any atom is 0.424 e. The van der Waals surface area contributed by atoms with Gasteiger partial charge in [-0.3, -0.25) is 4.79 Å². The molecule has 0 heterocycles. The molecule has 0 fully saturated rings. The molecule has 0 saturated heterocycles. The van der Waals surface area contributed by atoms with Crippen molar-refractivity contribution in [3.05, 3.63) is 47.1 Å². The zero-order valence-electron chi connectivity index (χ0n) is 24.6. The van der Waals surface area contributed by atoms with Gasteiger partial charge < -0.3 is 19.1 Å². The number of phenolic OH excluding ortho intramolecular Hbond substituents is 1. The number of hydrogen-bond donors (Lipinski definition) is 2. The van der Waals surface area contributed by atoms with Gasteiger partial charge in [0.05, 0.1) is 13.2 Å². The second-order valence-corrected chi connectivity index (χ2v) is 12.7. The van der Waals surface area contributed by atoms with Crippen molar-refractivity contribution >= 4 is 19.2 Å². The molecule has 0 amide bonds. The summed E-state index contributed by atoms with van der Waals surface area (Å²) in [5, 5.41) is 14.0. The average molecular weight is 564 g/mol. The van der Waals surface area contributed by atoms with E-state index in [-0.39, 0.29) is 36.5 Å². The van der Waals surface area contributed by atoms with Crippen LogP contribution in [0.2, 0.25) is 0 Å². The third-order valence-corrected chi connectivity index (χ3v) is 8.83. The van der Waals surface area contributed by atoms with E-state index in [1.54, 1.807) is 26.0 Å². The number of esters is 1. The number of nitrogens with one attached hydrogen (secondary N) is 1. The molecule has 1 aromatic carbocycles. The normalized spacial score (nSPS) is 19.0. The molecule has 1 aliphatic carbocycles. The van der Waals surface area contributed by atoms with Crippen LogP contribution in [-0.2, 0) is 25.3 Å².